The topological polar surface area (TPSA) is 101 Å². The van der Waals surface area contributed by atoms with E-state index in [1.54, 1.807) is 12.3 Å². The van der Waals surface area contributed by atoms with Gasteiger partial charge in [0.15, 0.2) is 0 Å². The van der Waals surface area contributed by atoms with Crippen LogP contribution >= 0.6 is 11.5 Å². The minimum absolute atomic E-state index is 0.00462. The molecule has 8 heteroatoms. The zero-order chi connectivity index (χ0) is 13.5. The summed E-state index contributed by atoms with van der Waals surface area (Å²) in [7, 11) is 0. The maximum atomic E-state index is 11.9. The molecular weight excluding hydrogens is 266 g/mol. The number of nitrogens with zero attached hydrogens (tertiary/aromatic N) is 4. The Balaban J connectivity index is 2.10. The molecule has 1 amide bonds. The summed E-state index contributed by atoms with van der Waals surface area (Å²) in [6.45, 7) is 0.00462. The molecular formula is C11H9N5O2S. The molecule has 7 nitrogen and oxygen atoms in total. The van der Waals surface area contributed by atoms with Gasteiger partial charge in [-0.3, -0.25) is 15.1 Å². The van der Waals surface area contributed by atoms with E-state index in [1.807, 2.05) is 0 Å². The van der Waals surface area contributed by atoms with Crippen molar-refractivity contribution in [2.45, 2.75) is 6.42 Å². The van der Waals surface area contributed by atoms with Crippen LogP contribution in [0.25, 0.3) is 0 Å². The van der Waals surface area contributed by atoms with Gasteiger partial charge in [-0.25, -0.2) is 0 Å². The van der Waals surface area contributed by atoms with E-state index in [4.69, 9.17) is 5.11 Å². The molecule has 0 aliphatic heterocycles. The number of rotatable bonds is 3. The lowest BCUT2D eigenvalue weighted by Crippen LogP contribution is -2.12. The number of aromatic nitrogens is 4. The van der Waals surface area contributed by atoms with Crippen LogP contribution in [0.2, 0.25) is 0 Å². The smallest absolute Gasteiger partial charge is 0.259 e. The van der Waals surface area contributed by atoms with Crippen LogP contribution in [0.5, 0.6) is 0 Å². The Hall–Kier alpha value is -2.37. The Morgan fingerprint density at radius 2 is 2.37 bits per heavy atom. The molecule has 0 spiro atoms. The van der Waals surface area contributed by atoms with Crippen LogP contribution < -0.4 is 5.32 Å². The first kappa shape index (κ1) is 13.1. The normalized spacial score (nSPS) is 9.53. The van der Waals surface area contributed by atoms with Gasteiger partial charge < -0.3 is 5.11 Å². The van der Waals surface area contributed by atoms with Crippen LogP contribution in [0.15, 0.2) is 18.5 Å². The van der Waals surface area contributed by atoms with Crippen LogP contribution in [0, 0.1) is 11.8 Å². The number of aliphatic hydroxyl groups excluding tert-OH is 1. The Morgan fingerprint density at radius 1 is 1.47 bits per heavy atom. The first-order chi connectivity index (χ1) is 9.29. The number of carbonyl (C=O) groups is 1. The number of pyridine rings is 1. The molecule has 0 fully saturated rings. The fourth-order valence-corrected chi connectivity index (χ4v) is 1.57. The standard InChI is InChI=1S/C11H9N5O2S/c17-4-2-1-3-8-5-9(7-12-6-8)10(18)13-11-14-15-16-19-11/h5-7,17H,2,4H2,(H,13,14,16,18). The van der Waals surface area contributed by atoms with Gasteiger partial charge in [0.25, 0.3) is 5.91 Å². The summed E-state index contributed by atoms with van der Waals surface area (Å²) < 4.78 is 3.54. The average molecular weight is 275 g/mol. The largest absolute Gasteiger partial charge is 0.395 e. The Labute approximate surface area is 112 Å². The molecule has 2 aromatic heterocycles. The number of hydrogen-bond acceptors (Lipinski definition) is 7. The molecule has 0 aliphatic carbocycles. The highest BCUT2D eigenvalue weighted by Gasteiger charge is 2.09. The van der Waals surface area contributed by atoms with Crippen molar-refractivity contribution in [2.75, 3.05) is 11.9 Å². The van der Waals surface area contributed by atoms with Crippen LogP contribution in [0.3, 0.4) is 0 Å². The number of anilines is 1. The summed E-state index contributed by atoms with van der Waals surface area (Å²) in [6, 6.07) is 1.61. The van der Waals surface area contributed by atoms with Crippen LogP contribution in [-0.4, -0.2) is 37.4 Å². The van der Waals surface area contributed by atoms with Crippen molar-refractivity contribution in [1.82, 2.24) is 19.8 Å². The van der Waals surface area contributed by atoms with E-state index in [0.717, 1.165) is 11.5 Å². The number of hydrogen-bond donors (Lipinski definition) is 2. The van der Waals surface area contributed by atoms with Crippen molar-refractivity contribution >= 4 is 22.6 Å². The zero-order valence-corrected chi connectivity index (χ0v) is 10.5. The molecule has 0 saturated carbocycles. The molecule has 0 aromatic carbocycles. The lowest BCUT2D eigenvalue weighted by molar-refractivity contribution is 0.102. The Bertz CT molecular complexity index is 618. The van der Waals surface area contributed by atoms with Crippen molar-refractivity contribution in [3.63, 3.8) is 0 Å². The van der Waals surface area contributed by atoms with E-state index in [1.165, 1.54) is 6.20 Å². The average Bonchev–Trinajstić information content (AvgIpc) is 2.92. The third-order valence-corrected chi connectivity index (χ3v) is 2.50. The van der Waals surface area contributed by atoms with Gasteiger partial charge in [0.2, 0.25) is 5.13 Å². The fraction of sp³-hybridized carbons (Fsp3) is 0.182. The van der Waals surface area contributed by atoms with Gasteiger partial charge >= 0.3 is 0 Å². The predicted octanol–water partition coefficient (Wildman–Crippen LogP) is 0.314. The van der Waals surface area contributed by atoms with Crippen molar-refractivity contribution in [2.24, 2.45) is 0 Å². The van der Waals surface area contributed by atoms with E-state index in [0.29, 0.717) is 22.7 Å². The van der Waals surface area contributed by atoms with E-state index in [9.17, 15) is 4.79 Å². The van der Waals surface area contributed by atoms with E-state index >= 15 is 0 Å². The predicted molar refractivity (Wildman–Crippen MR) is 68.5 cm³/mol. The summed E-state index contributed by atoms with van der Waals surface area (Å²) in [5, 5.41) is 18.5. The quantitative estimate of drug-likeness (QED) is 0.782. The molecule has 0 unspecified atom stereocenters. The van der Waals surface area contributed by atoms with Crippen molar-refractivity contribution in [1.29, 1.82) is 0 Å². The molecule has 2 aromatic rings. The van der Waals surface area contributed by atoms with Crippen LogP contribution in [0.1, 0.15) is 22.3 Å². The van der Waals surface area contributed by atoms with Gasteiger partial charge in [-0.05, 0) is 11.3 Å². The summed E-state index contributed by atoms with van der Waals surface area (Å²) in [5.41, 5.74) is 0.975. The lowest BCUT2D eigenvalue weighted by atomic mass is 10.2. The van der Waals surface area contributed by atoms with Gasteiger partial charge in [-0.15, -0.1) is 0 Å². The lowest BCUT2D eigenvalue weighted by Gasteiger charge is -2.00. The summed E-state index contributed by atoms with van der Waals surface area (Å²) in [5.74, 6) is 5.22. The molecule has 2 rings (SSSR count). The molecule has 0 radical (unpaired) electrons. The van der Waals surface area contributed by atoms with E-state index in [-0.39, 0.29) is 12.5 Å². The third kappa shape index (κ3) is 3.80. The van der Waals surface area contributed by atoms with Gasteiger partial charge in [0, 0.05) is 35.9 Å². The maximum absolute atomic E-state index is 11.9. The van der Waals surface area contributed by atoms with Gasteiger partial charge in [-0.1, -0.05) is 21.4 Å². The number of nitrogens with one attached hydrogen (secondary N) is 1. The Kier molecular flexibility index (Phi) is 4.49. The minimum atomic E-state index is -0.350. The highest BCUT2D eigenvalue weighted by molar-refractivity contribution is 7.09. The van der Waals surface area contributed by atoms with E-state index < -0.39 is 0 Å². The second kappa shape index (κ2) is 6.53. The van der Waals surface area contributed by atoms with Crippen molar-refractivity contribution in [3.8, 4) is 11.8 Å². The first-order valence-electron chi connectivity index (χ1n) is 5.31. The molecule has 0 aliphatic rings. The van der Waals surface area contributed by atoms with Gasteiger partial charge in [0.05, 0.1) is 12.2 Å². The summed E-state index contributed by atoms with van der Waals surface area (Å²) in [4.78, 5) is 15.8. The van der Waals surface area contributed by atoms with Crippen molar-refractivity contribution < 1.29 is 9.90 Å². The number of aliphatic hydroxyl groups is 1. The molecule has 2 heterocycles. The van der Waals surface area contributed by atoms with Gasteiger partial charge in [-0.2, -0.15) is 0 Å². The molecule has 0 bridgehead atoms. The highest BCUT2D eigenvalue weighted by atomic mass is 32.1. The van der Waals surface area contributed by atoms with Crippen LogP contribution in [0.4, 0.5) is 5.13 Å². The van der Waals surface area contributed by atoms with Crippen LogP contribution in [-0.2, 0) is 0 Å². The third-order valence-electron chi connectivity index (χ3n) is 1.99. The molecule has 19 heavy (non-hydrogen) atoms. The van der Waals surface area contributed by atoms with Crippen molar-refractivity contribution in [3.05, 3.63) is 29.6 Å². The van der Waals surface area contributed by atoms with Gasteiger partial charge in [0.1, 0.15) is 0 Å². The minimum Gasteiger partial charge on any atom is -0.395 e. The molecule has 2 N–H and O–H groups in total. The summed E-state index contributed by atoms with van der Waals surface area (Å²) in [6.07, 6.45) is 3.36. The molecule has 0 saturated heterocycles. The van der Waals surface area contributed by atoms with E-state index in [2.05, 4.69) is 36.9 Å². The number of carbonyl (C=O) groups excluding carboxylic acids is 1. The number of amides is 1. The second-order valence-electron chi connectivity index (χ2n) is 3.36. The highest BCUT2D eigenvalue weighted by Crippen LogP contribution is 2.08. The maximum Gasteiger partial charge on any atom is 0.259 e. The monoisotopic (exact) mass is 275 g/mol. The fourth-order valence-electron chi connectivity index (χ4n) is 1.20. The molecule has 0 atom stereocenters. The Morgan fingerprint density at radius 3 is 3.11 bits per heavy atom. The summed E-state index contributed by atoms with van der Waals surface area (Å²) >= 11 is 0.987. The second-order valence-corrected chi connectivity index (χ2v) is 4.09. The molecule has 96 valence electrons. The first-order valence-corrected chi connectivity index (χ1v) is 6.08. The SMILES string of the molecule is O=C(Nc1nnns1)c1cncc(C#CCCO)c1. The zero-order valence-electron chi connectivity index (χ0n) is 9.70.